The van der Waals surface area contributed by atoms with E-state index in [2.05, 4.69) is 11.2 Å². The highest BCUT2D eigenvalue weighted by molar-refractivity contribution is 5.61. The maximum absolute atomic E-state index is 12.9. The van der Waals surface area contributed by atoms with Crippen molar-refractivity contribution in [2.45, 2.75) is 0 Å². The number of hydrogen-bond donors (Lipinski definition) is 0. The molecule has 0 aliphatic carbocycles. The minimum atomic E-state index is -0.237. The molecule has 1 radical (unpaired) electrons. The highest BCUT2D eigenvalue weighted by Gasteiger charge is 2.06. The molecule has 87 valence electrons. The summed E-state index contributed by atoms with van der Waals surface area (Å²) in [7, 11) is 0. The molecule has 2 aromatic carbocycles. The number of aromatic nitrogens is 2. The SMILES string of the molecule is Fc1ccc(-c2ccnn2-c2cc[c]cc2)cc1. The fourth-order valence-electron chi connectivity index (χ4n) is 1.87. The van der Waals surface area contributed by atoms with Crippen molar-refractivity contribution in [2.75, 3.05) is 0 Å². The third-order valence-electron chi connectivity index (χ3n) is 2.73. The van der Waals surface area contributed by atoms with E-state index >= 15 is 0 Å². The molecule has 3 aromatic rings. The molecule has 0 aliphatic rings. The minimum Gasteiger partial charge on any atom is -0.233 e. The Bertz CT molecular complexity index is 642. The molecule has 1 aromatic heterocycles. The van der Waals surface area contributed by atoms with Crippen LogP contribution in [-0.4, -0.2) is 9.78 Å². The maximum Gasteiger partial charge on any atom is 0.123 e. The Morgan fingerprint density at radius 3 is 2.39 bits per heavy atom. The summed E-state index contributed by atoms with van der Waals surface area (Å²) in [4.78, 5) is 0. The topological polar surface area (TPSA) is 17.8 Å². The zero-order valence-corrected chi connectivity index (χ0v) is 9.55. The molecule has 0 saturated heterocycles. The van der Waals surface area contributed by atoms with Crippen molar-refractivity contribution < 1.29 is 4.39 Å². The van der Waals surface area contributed by atoms with Gasteiger partial charge in [0, 0.05) is 5.56 Å². The molecule has 3 heteroatoms. The standard InChI is InChI=1S/C15H10FN2/c16-13-8-6-12(7-9-13)15-10-11-17-18(15)14-4-2-1-3-5-14/h2-11H. The summed E-state index contributed by atoms with van der Waals surface area (Å²) in [6.45, 7) is 0. The van der Waals surface area contributed by atoms with Crippen LogP contribution in [0, 0.1) is 11.9 Å². The highest BCUT2D eigenvalue weighted by atomic mass is 19.1. The van der Waals surface area contributed by atoms with Crippen molar-refractivity contribution in [3.63, 3.8) is 0 Å². The molecule has 0 N–H and O–H groups in total. The Morgan fingerprint density at radius 1 is 0.944 bits per heavy atom. The first-order valence-electron chi connectivity index (χ1n) is 5.61. The molecular formula is C15H10FN2. The van der Waals surface area contributed by atoms with E-state index in [1.165, 1.54) is 12.1 Å². The van der Waals surface area contributed by atoms with E-state index in [0.717, 1.165) is 16.9 Å². The Balaban J connectivity index is 2.10. The van der Waals surface area contributed by atoms with Gasteiger partial charge in [0.15, 0.2) is 0 Å². The summed E-state index contributed by atoms with van der Waals surface area (Å²) in [5.41, 5.74) is 2.82. The second kappa shape index (κ2) is 4.45. The van der Waals surface area contributed by atoms with Crippen LogP contribution in [0.2, 0.25) is 0 Å². The fourth-order valence-corrected chi connectivity index (χ4v) is 1.87. The third kappa shape index (κ3) is 1.91. The average Bonchev–Trinajstić information content (AvgIpc) is 2.90. The van der Waals surface area contributed by atoms with E-state index in [1.807, 2.05) is 35.0 Å². The number of benzene rings is 2. The van der Waals surface area contributed by atoms with Gasteiger partial charge >= 0.3 is 0 Å². The monoisotopic (exact) mass is 237 g/mol. The van der Waals surface area contributed by atoms with Gasteiger partial charge < -0.3 is 0 Å². The van der Waals surface area contributed by atoms with E-state index in [-0.39, 0.29) is 5.82 Å². The lowest BCUT2D eigenvalue weighted by molar-refractivity contribution is 0.628. The predicted molar refractivity (Wildman–Crippen MR) is 67.8 cm³/mol. The van der Waals surface area contributed by atoms with E-state index < -0.39 is 0 Å². The first kappa shape index (κ1) is 10.7. The summed E-state index contributed by atoms with van der Waals surface area (Å²) in [5, 5.41) is 4.29. The van der Waals surface area contributed by atoms with Gasteiger partial charge in [0.2, 0.25) is 0 Å². The molecule has 2 nitrogen and oxygen atoms in total. The molecule has 0 bridgehead atoms. The van der Waals surface area contributed by atoms with Crippen molar-refractivity contribution in [1.29, 1.82) is 0 Å². The Morgan fingerprint density at radius 2 is 1.67 bits per heavy atom. The molecule has 0 amide bonds. The van der Waals surface area contributed by atoms with Crippen LogP contribution in [0.5, 0.6) is 0 Å². The molecule has 0 atom stereocenters. The second-order valence-electron chi connectivity index (χ2n) is 3.89. The van der Waals surface area contributed by atoms with Gasteiger partial charge in [-0.15, -0.1) is 0 Å². The molecule has 18 heavy (non-hydrogen) atoms. The van der Waals surface area contributed by atoms with Crippen LogP contribution in [0.1, 0.15) is 0 Å². The van der Waals surface area contributed by atoms with E-state index in [1.54, 1.807) is 18.3 Å². The van der Waals surface area contributed by atoms with Crippen molar-refractivity contribution >= 4 is 0 Å². The summed E-state index contributed by atoms with van der Waals surface area (Å²) in [6, 6.07) is 18.8. The smallest absolute Gasteiger partial charge is 0.123 e. The van der Waals surface area contributed by atoms with Crippen LogP contribution in [0.15, 0.2) is 60.8 Å². The Hall–Kier alpha value is -2.42. The van der Waals surface area contributed by atoms with Gasteiger partial charge in [0.25, 0.3) is 0 Å². The lowest BCUT2D eigenvalue weighted by Gasteiger charge is -2.07. The summed E-state index contributed by atoms with van der Waals surface area (Å²) in [6.07, 6.45) is 1.73. The van der Waals surface area contributed by atoms with Crippen LogP contribution in [0.3, 0.4) is 0 Å². The largest absolute Gasteiger partial charge is 0.233 e. The van der Waals surface area contributed by atoms with Crippen LogP contribution < -0.4 is 0 Å². The molecule has 3 rings (SSSR count). The molecule has 0 fully saturated rings. The minimum absolute atomic E-state index is 0.237. The van der Waals surface area contributed by atoms with Gasteiger partial charge in [-0.25, -0.2) is 9.07 Å². The van der Waals surface area contributed by atoms with Gasteiger partial charge in [-0.2, -0.15) is 5.10 Å². The van der Waals surface area contributed by atoms with Gasteiger partial charge in [0.1, 0.15) is 5.82 Å². The van der Waals surface area contributed by atoms with Crippen LogP contribution >= 0.6 is 0 Å². The fraction of sp³-hybridized carbons (Fsp3) is 0. The highest BCUT2D eigenvalue weighted by Crippen LogP contribution is 2.22. The molecule has 0 aliphatic heterocycles. The quantitative estimate of drug-likeness (QED) is 0.667. The maximum atomic E-state index is 12.9. The zero-order valence-electron chi connectivity index (χ0n) is 9.55. The summed E-state index contributed by atoms with van der Waals surface area (Å²) >= 11 is 0. The first-order chi connectivity index (χ1) is 8.84. The predicted octanol–water partition coefficient (Wildman–Crippen LogP) is 3.48. The second-order valence-corrected chi connectivity index (χ2v) is 3.89. The van der Waals surface area contributed by atoms with Crippen molar-refractivity contribution in [2.24, 2.45) is 0 Å². The lowest BCUT2D eigenvalue weighted by atomic mass is 10.1. The Kier molecular flexibility index (Phi) is 2.65. The molecule has 1 heterocycles. The molecule has 0 unspecified atom stereocenters. The summed E-state index contributed by atoms with van der Waals surface area (Å²) in [5.74, 6) is -0.237. The van der Waals surface area contributed by atoms with Gasteiger partial charge in [-0.05, 0) is 48.5 Å². The summed E-state index contributed by atoms with van der Waals surface area (Å²) < 4.78 is 14.7. The van der Waals surface area contributed by atoms with E-state index in [9.17, 15) is 4.39 Å². The lowest BCUT2D eigenvalue weighted by Crippen LogP contribution is -1.98. The number of hydrogen-bond acceptors (Lipinski definition) is 1. The average molecular weight is 237 g/mol. The van der Waals surface area contributed by atoms with Gasteiger partial charge in [-0.3, -0.25) is 0 Å². The Labute approximate surface area is 104 Å². The normalized spacial score (nSPS) is 10.5. The number of halogens is 1. The number of nitrogens with zero attached hydrogens (tertiary/aromatic N) is 2. The molecule has 0 spiro atoms. The van der Waals surface area contributed by atoms with E-state index in [4.69, 9.17) is 0 Å². The first-order valence-corrected chi connectivity index (χ1v) is 5.61. The van der Waals surface area contributed by atoms with Gasteiger partial charge in [-0.1, -0.05) is 12.1 Å². The van der Waals surface area contributed by atoms with Crippen LogP contribution in [-0.2, 0) is 0 Å². The van der Waals surface area contributed by atoms with Crippen LogP contribution in [0.25, 0.3) is 16.9 Å². The van der Waals surface area contributed by atoms with Gasteiger partial charge in [0.05, 0.1) is 17.6 Å². The zero-order chi connectivity index (χ0) is 12.4. The molecule has 0 saturated carbocycles. The van der Waals surface area contributed by atoms with Crippen molar-refractivity contribution in [3.05, 3.63) is 72.7 Å². The van der Waals surface area contributed by atoms with Crippen LogP contribution in [0.4, 0.5) is 4.39 Å². The number of rotatable bonds is 2. The molecular weight excluding hydrogens is 227 g/mol. The van der Waals surface area contributed by atoms with E-state index in [0.29, 0.717) is 0 Å². The van der Waals surface area contributed by atoms with Crippen molar-refractivity contribution in [1.82, 2.24) is 9.78 Å². The van der Waals surface area contributed by atoms with Crippen molar-refractivity contribution in [3.8, 4) is 16.9 Å². The third-order valence-corrected chi connectivity index (χ3v) is 2.73.